The number of carbonyl (C=O) groups excluding carboxylic acids is 2. The third-order valence-electron chi connectivity index (χ3n) is 4.85. The van der Waals surface area contributed by atoms with Crippen molar-refractivity contribution in [3.63, 3.8) is 0 Å². The van der Waals surface area contributed by atoms with Gasteiger partial charge in [0.2, 0.25) is 11.8 Å². The van der Waals surface area contributed by atoms with Gasteiger partial charge in [0.15, 0.2) is 0 Å². The Hall–Kier alpha value is -1.88. The second-order valence-electron chi connectivity index (χ2n) is 6.71. The van der Waals surface area contributed by atoms with Crippen LogP contribution in [0.2, 0.25) is 0 Å². The molecule has 1 aromatic carbocycles. The lowest BCUT2D eigenvalue weighted by Crippen LogP contribution is -2.50. The quantitative estimate of drug-likeness (QED) is 0.909. The van der Waals surface area contributed by atoms with E-state index >= 15 is 0 Å². The number of amides is 2. The number of hydrogen-bond donors (Lipinski definition) is 1. The summed E-state index contributed by atoms with van der Waals surface area (Å²) in [5.74, 6) is -0.128. The Kier molecular flexibility index (Phi) is 5.51. The van der Waals surface area contributed by atoms with Gasteiger partial charge in [0.25, 0.3) is 0 Å². The van der Waals surface area contributed by atoms with Gasteiger partial charge in [-0.2, -0.15) is 0 Å². The van der Waals surface area contributed by atoms with E-state index in [2.05, 4.69) is 17.4 Å². The van der Waals surface area contributed by atoms with Crippen molar-refractivity contribution in [3.05, 3.63) is 34.9 Å². The van der Waals surface area contributed by atoms with Crippen LogP contribution in [-0.2, 0) is 33.6 Å². The standard InChI is InChI=1S/C19H26N2O3/c1-14(19(23)21-8-10-24-11-9-21)20-18(22)13-15-6-7-16-4-2-3-5-17(16)12-15/h6-7,12,14H,2-5,8-11,13H2,1H3,(H,20,22)/t14-/m1/s1. The molecule has 5 heteroatoms. The van der Waals surface area contributed by atoms with E-state index in [1.807, 2.05) is 6.07 Å². The average Bonchev–Trinajstić information content (AvgIpc) is 2.61. The Balaban J connectivity index is 1.54. The SMILES string of the molecule is C[C@@H](NC(=O)Cc1ccc2c(c1)CCCC2)C(=O)N1CCOCC1. The summed E-state index contributed by atoms with van der Waals surface area (Å²) < 4.78 is 5.25. The van der Waals surface area contributed by atoms with Crippen LogP contribution in [0.3, 0.4) is 0 Å². The van der Waals surface area contributed by atoms with Crippen molar-refractivity contribution in [2.45, 2.75) is 45.1 Å². The molecule has 5 nitrogen and oxygen atoms in total. The van der Waals surface area contributed by atoms with Gasteiger partial charge in [0.1, 0.15) is 6.04 Å². The largest absolute Gasteiger partial charge is 0.378 e. The molecule has 0 spiro atoms. The van der Waals surface area contributed by atoms with Crippen molar-refractivity contribution in [2.75, 3.05) is 26.3 Å². The van der Waals surface area contributed by atoms with Crippen LogP contribution in [0.25, 0.3) is 0 Å². The van der Waals surface area contributed by atoms with E-state index in [0.717, 1.165) is 18.4 Å². The van der Waals surface area contributed by atoms with Gasteiger partial charge in [0.05, 0.1) is 19.6 Å². The summed E-state index contributed by atoms with van der Waals surface area (Å²) in [4.78, 5) is 26.4. The molecule has 1 aliphatic carbocycles. The second-order valence-corrected chi connectivity index (χ2v) is 6.71. The first-order chi connectivity index (χ1) is 11.6. The number of hydrogen-bond acceptors (Lipinski definition) is 3. The third-order valence-corrected chi connectivity index (χ3v) is 4.85. The van der Waals surface area contributed by atoms with Gasteiger partial charge in [0, 0.05) is 13.1 Å². The zero-order valence-corrected chi connectivity index (χ0v) is 14.3. The number of morpholine rings is 1. The molecule has 0 radical (unpaired) electrons. The van der Waals surface area contributed by atoms with E-state index < -0.39 is 6.04 Å². The first kappa shape index (κ1) is 17.0. The van der Waals surface area contributed by atoms with Crippen LogP contribution in [0.15, 0.2) is 18.2 Å². The minimum absolute atomic E-state index is 0.0305. The molecule has 0 aromatic heterocycles. The third kappa shape index (κ3) is 4.15. The second kappa shape index (κ2) is 7.79. The molecular weight excluding hydrogens is 304 g/mol. The van der Waals surface area contributed by atoms with Crippen molar-refractivity contribution in [1.82, 2.24) is 10.2 Å². The van der Waals surface area contributed by atoms with Gasteiger partial charge < -0.3 is 15.0 Å². The summed E-state index contributed by atoms with van der Waals surface area (Å²) in [7, 11) is 0. The van der Waals surface area contributed by atoms with Crippen molar-refractivity contribution in [2.24, 2.45) is 0 Å². The van der Waals surface area contributed by atoms with Crippen LogP contribution in [0, 0.1) is 0 Å². The molecule has 1 fully saturated rings. The average molecular weight is 330 g/mol. The molecule has 1 N–H and O–H groups in total. The fourth-order valence-corrected chi connectivity index (χ4v) is 3.49. The van der Waals surface area contributed by atoms with Gasteiger partial charge in [-0.05, 0) is 49.3 Å². The molecule has 3 rings (SSSR count). The fraction of sp³-hybridized carbons (Fsp3) is 0.579. The molecule has 1 aliphatic heterocycles. The van der Waals surface area contributed by atoms with E-state index in [1.165, 1.54) is 24.0 Å². The summed E-state index contributed by atoms with van der Waals surface area (Å²) >= 11 is 0. The van der Waals surface area contributed by atoms with Crippen LogP contribution in [0.4, 0.5) is 0 Å². The summed E-state index contributed by atoms with van der Waals surface area (Å²) in [6, 6.07) is 5.85. The van der Waals surface area contributed by atoms with E-state index in [0.29, 0.717) is 32.7 Å². The van der Waals surface area contributed by atoms with E-state index in [9.17, 15) is 9.59 Å². The maximum absolute atomic E-state index is 12.3. The highest BCUT2D eigenvalue weighted by molar-refractivity contribution is 5.88. The number of ether oxygens (including phenoxy) is 1. The van der Waals surface area contributed by atoms with Gasteiger partial charge in [-0.15, -0.1) is 0 Å². The summed E-state index contributed by atoms with van der Waals surface area (Å²) in [6.07, 6.45) is 5.07. The number of carbonyl (C=O) groups is 2. The molecule has 1 aromatic rings. The summed E-state index contributed by atoms with van der Waals surface area (Å²) in [6.45, 7) is 4.10. The zero-order valence-electron chi connectivity index (χ0n) is 14.3. The highest BCUT2D eigenvalue weighted by Crippen LogP contribution is 2.22. The zero-order chi connectivity index (χ0) is 16.9. The maximum Gasteiger partial charge on any atom is 0.245 e. The molecule has 1 heterocycles. The summed E-state index contributed by atoms with van der Waals surface area (Å²) in [5.41, 5.74) is 3.82. The van der Waals surface area contributed by atoms with Crippen LogP contribution in [0.1, 0.15) is 36.5 Å². The molecule has 24 heavy (non-hydrogen) atoms. The Labute approximate surface area is 143 Å². The van der Waals surface area contributed by atoms with Crippen LogP contribution in [-0.4, -0.2) is 49.1 Å². The van der Waals surface area contributed by atoms with Gasteiger partial charge in [-0.1, -0.05) is 18.2 Å². The van der Waals surface area contributed by atoms with Crippen LogP contribution >= 0.6 is 0 Å². The predicted molar refractivity (Wildman–Crippen MR) is 91.8 cm³/mol. The topological polar surface area (TPSA) is 58.6 Å². The minimum atomic E-state index is -0.492. The molecule has 2 amide bonds. The van der Waals surface area contributed by atoms with Gasteiger partial charge in [-0.3, -0.25) is 9.59 Å². The Morgan fingerprint density at radius 1 is 1.17 bits per heavy atom. The molecule has 2 aliphatic rings. The highest BCUT2D eigenvalue weighted by atomic mass is 16.5. The Bertz CT molecular complexity index is 609. The maximum atomic E-state index is 12.3. The molecular formula is C19H26N2O3. The van der Waals surface area contributed by atoms with Crippen molar-refractivity contribution < 1.29 is 14.3 Å². The van der Waals surface area contributed by atoms with E-state index in [1.54, 1.807) is 11.8 Å². The fourth-order valence-electron chi connectivity index (χ4n) is 3.49. The number of aryl methyl sites for hydroxylation is 2. The van der Waals surface area contributed by atoms with Crippen molar-refractivity contribution >= 4 is 11.8 Å². The van der Waals surface area contributed by atoms with Crippen molar-refractivity contribution in [3.8, 4) is 0 Å². The lowest BCUT2D eigenvalue weighted by molar-refractivity contribution is -0.139. The van der Waals surface area contributed by atoms with Gasteiger partial charge in [-0.25, -0.2) is 0 Å². The Morgan fingerprint density at radius 2 is 1.88 bits per heavy atom. The smallest absolute Gasteiger partial charge is 0.245 e. The van der Waals surface area contributed by atoms with Crippen LogP contribution < -0.4 is 5.32 Å². The number of nitrogens with one attached hydrogen (secondary N) is 1. The first-order valence-electron chi connectivity index (χ1n) is 8.90. The highest BCUT2D eigenvalue weighted by Gasteiger charge is 2.23. The lowest BCUT2D eigenvalue weighted by Gasteiger charge is -2.29. The van der Waals surface area contributed by atoms with E-state index in [4.69, 9.17) is 4.74 Å². The molecule has 130 valence electrons. The predicted octanol–water partition coefficient (Wildman–Crippen LogP) is 1.47. The normalized spacial score (nSPS) is 18.6. The molecule has 1 saturated heterocycles. The Morgan fingerprint density at radius 3 is 2.62 bits per heavy atom. The summed E-state index contributed by atoms with van der Waals surface area (Å²) in [5, 5.41) is 2.83. The molecule has 1 atom stereocenters. The van der Waals surface area contributed by atoms with E-state index in [-0.39, 0.29) is 11.8 Å². The lowest BCUT2D eigenvalue weighted by atomic mass is 9.90. The first-order valence-corrected chi connectivity index (χ1v) is 8.90. The van der Waals surface area contributed by atoms with Gasteiger partial charge >= 0.3 is 0 Å². The monoisotopic (exact) mass is 330 g/mol. The molecule has 0 unspecified atom stereocenters. The number of rotatable bonds is 4. The molecule has 0 bridgehead atoms. The minimum Gasteiger partial charge on any atom is -0.378 e. The number of fused-ring (bicyclic) bond motifs is 1. The number of nitrogens with zero attached hydrogens (tertiary/aromatic N) is 1. The number of benzene rings is 1. The molecule has 0 saturated carbocycles. The van der Waals surface area contributed by atoms with Crippen molar-refractivity contribution in [1.29, 1.82) is 0 Å². The van der Waals surface area contributed by atoms with Crippen LogP contribution in [0.5, 0.6) is 0 Å².